The van der Waals surface area contributed by atoms with Gasteiger partial charge < -0.3 is 5.73 Å². The molecular formula is C15H12Br2N2S. The van der Waals surface area contributed by atoms with Crippen LogP contribution in [-0.4, -0.2) is 4.98 Å². The third-order valence-corrected chi connectivity index (χ3v) is 6.52. The molecule has 0 saturated carbocycles. The van der Waals surface area contributed by atoms with Crippen molar-refractivity contribution in [2.24, 2.45) is 5.73 Å². The van der Waals surface area contributed by atoms with E-state index in [2.05, 4.69) is 61.1 Å². The van der Waals surface area contributed by atoms with Gasteiger partial charge in [-0.1, -0.05) is 12.1 Å². The van der Waals surface area contributed by atoms with Crippen LogP contribution in [0.4, 0.5) is 0 Å². The predicted octanol–water partition coefficient (Wildman–Crippen LogP) is 5.18. The van der Waals surface area contributed by atoms with E-state index in [0.29, 0.717) is 0 Å². The molecule has 5 heteroatoms. The van der Waals surface area contributed by atoms with Gasteiger partial charge in [0.2, 0.25) is 0 Å². The predicted molar refractivity (Wildman–Crippen MR) is 92.2 cm³/mol. The molecule has 0 saturated heterocycles. The summed E-state index contributed by atoms with van der Waals surface area (Å²) in [7, 11) is 0. The number of hydrogen-bond donors (Lipinski definition) is 1. The van der Waals surface area contributed by atoms with Crippen molar-refractivity contribution in [1.29, 1.82) is 0 Å². The fourth-order valence-corrected chi connectivity index (χ4v) is 4.24. The number of nitrogens with zero attached hydrogens (tertiary/aromatic N) is 1. The molecule has 2 aromatic heterocycles. The van der Waals surface area contributed by atoms with Crippen LogP contribution in [0.1, 0.15) is 22.2 Å². The van der Waals surface area contributed by atoms with Crippen molar-refractivity contribution in [1.82, 2.24) is 4.98 Å². The SMILES string of the molecule is Cc1ccc2cc(C(N)c3cc(Br)c(Br)s3)ccc2n1. The Labute approximate surface area is 138 Å². The Morgan fingerprint density at radius 2 is 1.95 bits per heavy atom. The van der Waals surface area contributed by atoms with Crippen LogP contribution in [0.5, 0.6) is 0 Å². The molecule has 2 N–H and O–H groups in total. The average Bonchev–Trinajstić information content (AvgIpc) is 2.77. The number of hydrogen-bond acceptors (Lipinski definition) is 3. The maximum Gasteiger partial charge on any atom is 0.0843 e. The van der Waals surface area contributed by atoms with Crippen LogP contribution in [0.25, 0.3) is 10.9 Å². The van der Waals surface area contributed by atoms with Gasteiger partial charge in [0.05, 0.1) is 15.3 Å². The topological polar surface area (TPSA) is 38.9 Å². The molecule has 0 bridgehead atoms. The molecule has 0 radical (unpaired) electrons. The maximum absolute atomic E-state index is 6.37. The van der Waals surface area contributed by atoms with Crippen LogP contribution in [0.15, 0.2) is 44.7 Å². The summed E-state index contributed by atoms with van der Waals surface area (Å²) in [6, 6.07) is 12.3. The van der Waals surface area contributed by atoms with Crippen LogP contribution >= 0.6 is 43.2 Å². The molecule has 2 heterocycles. The van der Waals surface area contributed by atoms with E-state index in [-0.39, 0.29) is 6.04 Å². The second-order valence-corrected chi connectivity index (χ2v) is 7.91. The molecule has 0 aliphatic heterocycles. The summed E-state index contributed by atoms with van der Waals surface area (Å²) in [5, 5.41) is 1.12. The van der Waals surface area contributed by atoms with Gasteiger partial charge in [-0.2, -0.15) is 0 Å². The number of aromatic nitrogens is 1. The lowest BCUT2D eigenvalue weighted by atomic mass is 10.0. The summed E-state index contributed by atoms with van der Waals surface area (Å²) in [6.45, 7) is 2.00. The van der Waals surface area contributed by atoms with E-state index in [1.165, 1.54) is 0 Å². The fraction of sp³-hybridized carbons (Fsp3) is 0.133. The number of fused-ring (bicyclic) bond motifs is 1. The lowest BCUT2D eigenvalue weighted by Gasteiger charge is -2.11. The standard InChI is InChI=1S/C15H12Br2N2S/c1-8-2-3-9-6-10(4-5-12(9)19-8)14(18)13-7-11(16)15(17)20-13/h2-7,14H,18H2,1H3. The van der Waals surface area contributed by atoms with Crippen molar-refractivity contribution in [3.05, 3.63) is 60.8 Å². The molecule has 0 spiro atoms. The van der Waals surface area contributed by atoms with Crippen molar-refractivity contribution in [2.75, 3.05) is 0 Å². The monoisotopic (exact) mass is 410 g/mol. The van der Waals surface area contributed by atoms with Gasteiger partial charge in [-0.25, -0.2) is 0 Å². The summed E-state index contributed by atoms with van der Waals surface area (Å²) in [6.07, 6.45) is 0. The Kier molecular flexibility index (Phi) is 3.95. The summed E-state index contributed by atoms with van der Waals surface area (Å²) in [5.41, 5.74) is 9.51. The Morgan fingerprint density at radius 1 is 1.15 bits per heavy atom. The molecule has 1 aromatic carbocycles. The number of thiophene rings is 1. The van der Waals surface area contributed by atoms with E-state index >= 15 is 0 Å². The largest absolute Gasteiger partial charge is 0.320 e. The Balaban J connectivity index is 2.03. The molecular weight excluding hydrogens is 400 g/mol. The van der Waals surface area contributed by atoms with Gasteiger partial charge in [0.25, 0.3) is 0 Å². The van der Waals surface area contributed by atoms with Crippen LogP contribution in [0, 0.1) is 6.92 Å². The number of pyridine rings is 1. The first-order valence-electron chi connectivity index (χ1n) is 6.12. The third-order valence-electron chi connectivity index (χ3n) is 3.18. The first-order valence-corrected chi connectivity index (χ1v) is 8.52. The Hall–Kier alpha value is -0.750. The van der Waals surface area contributed by atoms with Crippen molar-refractivity contribution >= 4 is 54.1 Å². The Morgan fingerprint density at radius 3 is 2.65 bits per heavy atom. The molecule has 3 aromatic rings. The molecule has 0 aliphatic rings. The van der Waals surface area contributed by atoms with E-state index in [1.807, 2.05) is 19.1 Å². The van der Waals surface area contributed by atoms with E-state index in [1.54, 1.807) is 11.3 Å². The van der Waals surface area contributed by atoms with Gasteiger partial charge >= 0.3 is 0 Å². The van der Waals surface area contributed by atoms with Crippen LogP contribution < -0.4 is 5.73 Å². The molecule has 0 fully saturated rings. The van der Waals surface area contributed by atoms with Gasteiger partial charge in [0.15, 0.2) is 0 Å². The molecule has 102 valence electrons. The highest BCUT2D eigenvalue weighted by Gasteiger charge is 2.14. The zero-order valence-electron chi connectivity index (χ0n) is 10.7. The molecule has 3 rings (SSSR count). The number of halogens is 2. The van der Waals surface area contributed by atoms with Crippen molar-refractivity contribution in [3.8, 4) is 0 Å². The lowest BCUT2D eigenvalue weighted by molar-refractivity contribution is 0.895. The van der Waals surface area contributed by atoms with Gasteiger partial charge in [-0.05, 0) is 68.6 Å². The van der Waals surface area contributed by atoms with Crippen LogP contribution in [0.3, 0.4) is 0 Å². The molecule has 1 unspecified atom stereocenters. The quantitative estimate of drug-likeness (QED) is 0.631. The second kappa shape index (κ2) is 5.56. The normalized spacial score (nSPS) is 12.8. The van der Waals surface area contributed by atoms with Gasteiger partial charge in [0, 0.05) is 20.4 Å². The highest BCUT2D eigenvalue weighted by Crippen LogP contribution is 2.37. The molecule has 20 heavy (non-hydrogen) atoms. The number of benzene rings is 1. The van der Waals surface area contributed by atoms with Crippen molar-refractivity contribution in [3.63, 3.8) is 0 Å². The molecule has 2 nitrogen and oxygen atoms in total. The molecule has 0 amide bonds. The molecule has 0 aliphatic carbocycles. The van der Waals surface area contributed by atoms with E-state index in [4.69, 9.17) is 5.73 Å². The van der Waals surface area contributed by atoms with Crippen molar-refractivity contribution in [2.45, 2.75) is 13.0 Å². The molecule has 1 atom stereocenters. The van der Waals surface area contributed by atoms with E-state index in [9.17, 15) is 0 Å². The number of rotatable bonds is 2. The minimum absolute atomic E-state index is 0.117. The summed E-state index contributed by atoms with van der Waals surface area (Å²) in [5.74, 6) is 0. The van der Waals surface area contributed by atoms with E-state index < -0.39 is 0 Å². The maximum atomic E-state index is 6.37. The lowest BCUT2D eigenvalue weighted by Crippen LogP contribution is -2.10. The smallest absolute Gasteiger partial charge is 0.0843 e. The average molecular weight is 412 g/mol. The zero-order chi connectivity index (χ0) is 14.3. The van der Waals surface area contributed by atoms with Crippen LogP contribution in [0.2, 0.25) is 0 Å². The van der Waals surface area contributed by atoms with Crippen molar-refractivity contribution < 1.29 is 0 Å². The summed E-state index contributed by atoms with van der Waals surface area (Å²) in [4.78, 5) is 5.64. The number of nitrogens with two attached hydrogens (primary N) is 1. The van der Waals surface area contributed by atoms with E-state index in [0.717, 1.165) is 35.3 Å². The first kappa shape index (κ1) is 14.2. The first-order chi connectivity index (χ1) is 9.54. The van der Waals surface area contributed by atoms with Gasteiger partial charge in [0.1, 0.15) is 0 Å². The summed E-state index contributed by atoms with van der Waals surface area (Å²) >= 11 is 8.67. The third kappa shape index (κ3) is 2.68. The highest BCUT2D eigenvalue weighted by molar-refractivity contribution is 9.13. The van der Waals surface area contributed by atoms with Gasteiger partial charge in [-0.15, -0.1) is 11.3 Å². The zero-order valence-corrected chi connectivity index (χ0v) is 14.7. The Bertz CT molecular complexity index is 763. The second-order valence-electron chi connectivity index (χ2n) is 4.65. The minimum atomic E-state index is -0.117. The van der Waals surface area contributed by atoms with Gasteiger partial charge in [-0.3, -0.25) is 4.98 Å². The van der Waals surface area contributed by atoms with Crippen LogP contribution in [-0.2, 0) is 0 Å². The minimum Gasteiger partial charge on any atom is -0.320 e. The fourth-order valence-electron chi connectivity index (χ4n) is 2.12. The number of aryl methyl sites for hydroxylation is 1. The summed E-state index contributed by atoms with van der Waals surface area (Å²) < 4.78 is 2.12. The highest BCUT2D eigenvalue weighted by atomic mass is 79.9.